The number of aromatic amines is 1. The fourth-order valence-corrected chi connectivity index (χ4v) is 2.87. The zero-order chi connectivity index (χ0) is 14.8. The number of halogens is 1. The Bertz CT molecular complexity index is 635. The first kappa shape index (κ1) is 14.3. The average Bonchev–Trinajstić information content (AvgIpc) is 3.16. The number of aromatic nitrogens is 2. The normalized spacial score (nSPS) is 20.3. The van der Waals surface area contributed by atoms with Gasteiger partial charge >= 0.3 is 0 Å². The third-order valence-corrected chi connectivity index (χ3v) is 4.39. The van der Waals surface area contributed by atoms with E-state index in [1.807, 2.05) is 25.1 Å². The van der Waals surface area contributed by atoms with Crippen molar-refractivity contribution in [1.82, 2.24) is 15.5 Å². The van der Waals surface area contributed by atoms with Gasteiger partial charge in [0.25, 0.3) is 0 Å². The van der Waals surface area contributed by atoms with Crippen LogP contribution in [-0.4, -0.2) is 22.6 Å². The molecule has 5 heteroatoms. The Morgan fingerprint density at radius 1 is 1.43 bits per heavy atom. The van der Waals surface area contributed by atoms with Crippen LogP contribution in [-0.2, 0) is 11.2 Å². The lowest BCUT2D eigenvalue weighted by Gasteiger charge is -2.04. The smallest absolute Gasteiger partial charge is 0.223 e. The van der Waals surface area contributed by atoms with Crippen LogP contribution < -0.4 is 5.32 Å². The van der Waals surface area contributed by atoms with Crippen LogP contribution in [0.3, 0.4) is 0 Å². The summed E-state index contributed by atoms with van der Waals surface area (Å²) in [6.07, 6.45) is 1.72. The van der Waals surface area contributed by atoms with E-state index in [9.17, 15) is 4.79 Å². The van der Waals surface area contributed by atoms with E-state index in [4.69, 9.17) is 0 Å². The van der Waals surface area contributed by atoms with E-state index in [0.29, 0.717) is 12.5 Å². The molecular formula is C16H18BrN3O. The van der Waals surface area contributed by atoms with Gasteiger partial charge in [0.15, 0.2) is 0 Å². The Kier molecular flexibility index (Phi) is 4.10. The van der Waals surface area contributed by atoms with Crippen LogP contribution in [0.4, 0.5) is 0 Å². The molecule has 1 fully saturated rings. The first-order chi connectivity index (χ1) is 10.1. The minimum Gasteiger partial charge on any atom is -0.355 e. The van der Waals surface area contributed by atoms with Crippen molar-refractivity contribution in [2.75, 3.05) is 6.54 Å². The maximum Gasteiger partial charge on any atom is 0.223 e. The second-order valence-electron chi connectivity index (χ2n) is 5.58. The number of carbonyl (C=O) groups is 1. The van der Waals surface area contributed by atoms with E-state index < -0.39 is 0 Å². The van der Waals surface area contributed by atoms with Crippen molar-refractivity contribution in [2.24, 2.45) is 5.92 Å². The van der Waals surface area contributed by atoms with E-state index in [0.717, 1.165) is 28.7 Å². The molecule has 0 aliphatic heterocycles. The predicted octanol–water partition coefficient (Wildman–Crippen LogP) is 2.94. The van der Waals surface area contributed by atoms with Crippen LogP contribution in [0, 0.1) is 12.8 Å². The number of aryl methyl sites for hydroxylation is 1. The quantitative estimate of drug-likeness (QED) is 0.873. The highest BCUT2D eigenvalue weighted by atomic mass is 79.9. The summed E-state index contributed by atoms with van der Waals surface area (Å²) >= 11 is 3.43. The molecule has 0 bridgehead atoms. The van der Waals surface area contributed by atoms with E-state index in [-0.39, 0.29) is 11.8 Å². The van der Waals surface area contributed by atoms with Gasteiger partial charge in [0.05, 0.1) is 5.69 Å². The van der Waals surface area contributed by atoms with Gasteiger partial charge in [-0.1, -0.05) is 28.1 Å². The molecule has 1 aliphatic carbocycles. The number of benzene rings is 1. The maximum absolute atomic E-state index is 12.1. The molecule has 3 rings (SSSR count). The maximum atomic E-state index is 12.1. The molecule has 0 spiro atoms. The topological polar surface area (TPSA) is 57.8 Å². The van der Waals surface area contributed by atoms with Crippen LogP contribution in [0.25, 0.3) is 0 Å². The third-order valence-electron chi connectivity index (χ3n) is 3.86. The number of nitrogens with zero attached hydrogens (tertiary/aromatic N) is 1. The molecule has 1 aliphatic rings. The van der Waals surface area contributed by atoms with Crippen LogP contribution in [0.5, 0.6) is 0 Å². The Labute approximate surface area is 132 Å². The van der Waals surface area contributed by atoms with Gasteiger partial charge in [-0.25, -0.2) is 0 Å². The number of rotatable bonds is 5. The summed E-state index contributed by atoms with van der Waals surface area (Å²) in [4.78, 5) is 12.1. The molecule has 0 saturated heterocycles. The molecule has 1 aromatic heterocycles. The van der Waals surface area contributed by atoms with E-state index in [1.165, 1.54) is 5.56 Å². The second-order valence-corrected chi connectivity index (χ2v) is 6.50. The second kappa shape index (κ2) is 6.02. The molecule has 1 heterocycles. The van der Waals surface area contributed by atoms with Crippen molar-refractivity contribution < 1.29 is 4.79 Å². The van der Waals surface area contributed by atoms with Gasteiger partial charge in [-0.2, -0.15) is 5.10 Å². The molecule has 110 valence electrons. The summed E-state index contributed by atoms with van der Waals surface area (Å²) in [5, 5.41) is 10.1. The van der Waals surface area contributed by atoms with Gasteiger partial charge in [0, 0.05) is 29.1 Å². The van der Waals surface area contributed by atoms with Crippen LogP contribution >= 0.6 is 15.9 Å². The highest BCUT2D eigenvalue weighted by molar-refractivity contribution is 9.10. The number of nitrogens with one attached hydrogen (secondary N) is 2. The van der Waals surface area contributed by atoms with Gasteiger partial charge in [-0.15, -0.1) is 0 Å². The molecule has 21 heavy (non-hydrogen) atoms. The summed E-state index contributed by atoms with van der Waals surface area (Å²) in [6.45, 7) is 2.62. The molecule has 2 N–H and O–H groups in total. The number of hydrogen-bond donors (Lipinski definition) is 2. The molecule has 0 unspecified atom stereocenters. The van der Waals surface area contributed by atoms with Gasteiger partial charge in [-0.3, -0.25) is 9.89 Å². The first-order valence-corrected chi connectivity index (χ1v) is 7.97. The Morgan fingerprint density at radius 3 is 2.86 bits per heavy atom. The van der Waals surface area contributed by atoms with E-state index in [2.05, 4.69) is 43.6 Å². The molecule has 1 saturated carbocycles. The summed E-state index contributed by atoms with van der Waals surface area (Å²) in [5.41, 5.74) is 3.29. The largest absolute Gasteiger partial charge is 0.355 e. The van der Waals surface area contributed by atoms with Gasteiger partial charge in [0.1, 0.15) is 0 Å². The summed E-state index contributed by atoms with van der Waals surface area (Å²) in [7, 11) is 0. The SMILES string of the molecule is Cc1cc(CCNC(=O)[C@@H]2C[C@H]2c2ccc(Br)cc2)n[nH]1. The minimum absolute atomic E-state index is 0.132. The predicted molar refractivity (Wildman–Crippen MR) is 85.0 cm³/mol. The molecule has 2 aromatic rings. The molecule has 2 atom stereocenters. The summed E-state index contributed by atoms with van der Waals surface area (Å²) < 4.78 is 1.07. The third kappa shape index (κ3) is 3.53. The number of hydrogen-bond acceptors (Lipinski definition) is 2. The molecule has 0 radical (unpaired) electrons. The van der Waals surface area contributed by atoms with Crippen molar-refractivity contribution >= 4 is 21.8 Å². The zero-order valence-electron chi connectivity index (χ0n) is 11.9. The zero-order valence-corrected chi connectivity index (χ0v) is 13.5. The fourth-order valence-electron chi connectivity index (χ4n) is 2.61. The van der Waals surface area contributed by atoms with Crippen molar-refractivity contribution in [1.29, 1.82) is 0 Å². The van der Waals surface area contributed by atoms with E-state index >= 15 is 0 Å². The first-order valence-electron chi connectivity index (χ1n) is 7.17. The Balaban J connectivity index is 1.46. The lowest BCUT2D eigenvalue weighted by Crippen LogP contribution is -2.27. The number of H-pyrrole nitrogens is 1. The van der Waals surface area contributed by atoms with Crippen LogP contribution in [0.15, 0.2) is 34.8 Å². The number of amides is 1. The highest BCUT2D eigenvalue weighted by Crippen LogP contribution is 2.47. The monoisotopic (exact) mass is 347 g/mol. The minimum atomic E-state index is 0.132. The van der Waals surface area contributed by atoms with Gasteiger partial charge < -0.3 is 5.32 Å². The fraction of sp³-hybridized carbons (Fsp3) is 0.375. The lowest BCUT2D eigenvalue weighted by atomic mass is 10.1. The van der Waals surface area contributed by atoms with Crippen molar-refractivity contribution in [2.45, 2.75) is 25.7 Å². The molecule has 4 nitrogen and oxygen atoms in total. The Morgan fingerprint density at radius 2 is 2.19 bits per heavy atom. The highest BCUT2D eigenvalue weighted by Gasteiger charge is 2.43. The summed E-state index contributed by atoms with van der Waals surface area (Å²) in [6, 6.07) is 10.3. The van der Waals surface area contributed by atoms with Gasteiger partial charge in [-0.05, 0) is 43.0 Å². The van der Waals surface area contributed by atoms with E-state index in [1.54, 1.807) is 0 Å². The lowest BCUT2D eigenvalue weighted by molar-refractivity contribution is -0.122. The standard InChI is InChI=1S/C16H18BrN3O/c1-10-8-13(20-19-10)6-7-18-16(21)15-9-14(15)11-2-4-12(17)5-3-11/h2-5,8,14-15H,6-7,9H2,1H3,(H,18,21)(H,19,20)/t14-,15+/m0/s1. The average molecular weight is 348 g/mol. The Hall–Kier alpha value is -1.62. The molecular weight excluding hydrogens is 330 g/mol. The van der Waals surface area contributed by atoms with Crippen molar-refractivity contribution in [3.8, 4) is 0 Å². The van der Waals surface area contributed by atoms with Crippen molar-refractivity contribution in [3.63, 3.8) is 0 Å². The van der Waals surface area contributed by atoms with Crippen LogP contribution in [0.1, 0.15) is 29.3 Å². The van der Waals surface area contributed by atoms with Gasteiger partial charge in [0.2, 0.25) is 5.91 Å². The summed E-state index contributed by atoms with van der Waals surface area (Å²) in [5.74, 6) is 0.674. The van der Waals surface area contributed by atoms with Crippen molar-refractivity contribution in [3.05, 3.63) is 51.8 Å². The van der Waals surface area contributed by atoms with Crippen LogP contribution in [0.2, 0.25) is 0 Å². The molecule has 1 aromatic carbocycles. The molecule has 1 amide bonds. The number of carbonyl (C=O) groups excluding carboxylic acids is 1.